The van der Waals surface area contributed by atoms with Crippen LogP contribution in [0.3, 0.4) is 0 Å². The average molecular weight is 1670 g/mol. The van der Waals surface area contributed by atoms with Crippen molar-refractivity contribution in [2.45, 2.75) is 105 Å². The van der Waals surface area contributed by atoms with Crippen molar-refractivity contribution in [2.75, 3.05) is 109 Å². The minimum absolute atomic E-state index is 0.00747. The highest BCUT2D eigenvalue weighted by Gasteiger charge is 2.38. The number of imidazole rings is 2. The summed E-state index contributed by atoms with van der Waals surface area (Å²) in [5, 5.41) is 23.1. The number of nitrogens with one attached hydrogen (secondary N) is 2. The number of ether oxygens (including phenoxy) is 2. The monoisotopic (exact) mass is 1670 g/mol. The number of carbonyl (C=O) groups excluding carboxylic acids is 8. The van der Waals surface area contributed by atoms with E-state index < -0.39 is 56.4 Å². The molecule has 3 N–H and O–H groups in total. The van der Waals surface area contributed by atoms with Gasteiger partial charge in [-0.3, -0.25) is 42.3 Å². The van der Waals surface area contributed by atoms with Gasteiger partial charge < -0.3 is 63.7 Å². The topological polar surface area (TPSA) is 333 Å². The Morgan fingerprint density at radius 1 is 0.491 bits per heavy atom. The number of aliphatic hydroxyl groups is 1. The molecule has 116 heavy (non-hydrogen) atoms. The van der Waals surface area contributed by atoms with Gasteiger partial charge in [-0.25, -0.2) is 37.1 Å². The number of hydrogen-bond acceptors (Lipinski definition) is 18. The Morgan fingerprint density at radius 2 is 0.836 bits per heavy atom. The average Bonchev–Trinajstić information content (AvgIpc) is 1.65. The minimum Gasteiger partial charge on any atom is -0.444 e. The number of carbonyl (C=O) groups is 8. The normalized spacial score (nSPS) is 15.3. The number of likely N-dealkylation sites (tertiary alicyclic amines) is 2. The van der Waals surface area contributed by atoms with Crippen LogP contribution in [-0.4, -0.2) is 238 Å². The number of amides is 8. The van der Waals surface area contributed by atoms with Gasteiger partial charge in [0.25, 0.3) is 33.7 Å². The van der Waals surface area contributed by atoms with Crippen LogP contribution in [0, 0.1) is 49.0 Å². The number of nitrogens with zero attached hydrogens (tertiary/aromatic N) is 14. The molecule has 8 heterocycles. The molecule has 0 aliphatic carbocycles. The number of aromatic nitrogens is 8. The first-order valence-corrected chi connectivity index (χ1v) is 40.2. The third-order valence-electron chi connectivity index (χ3n) is 20.5. The van der Waals surface area contributed by atoms with E-state index in [9.17, 15) is 51.9 Å². The summed E-state index contributed by atoms with van der Waals surface area (Å²) in [5.74, 6) is -7.07. The maximum Gasteiger partial charge on any atom is 0.410 e. The Balaban J connectivity index is 0.000000229. The smallest absolute Gasteiger partial charge is 0.410 e. The van der Waals surface area contributed by atoms with E-state index in [1.165, 1.54) is 118 Å². The lowest BCUT2D eigenvalue weighted by molar-refractivity contribution is -0.139. The number of rotatable bonds is 18. The maximum absolute atomic E-state index is 15.6. The first-order chi connectivity index (χ1) is 54.8. The number of anilines is 2. The van der Waals surface area contributed by atoms with E-state index in [2.05, 4.69) is 30.8 Å². The van der Waals surface area contributed by atoms with Crippen LogP contribution in [0.1, 0.15) is 121 Å². The third kappa shape index (κ3) is 19.8. The molecule has 0 atom stereocenters. The summed E-state index contributed by atoms with van der Waals surface area (Å²) in [6, 6.07) is 14.5. The van der Waals surface area contributed by atoms with E-state index in [0.29, 0.717) is 127 Å². The van der Waals surface area contributed by atoms with Crippen LogP contribution < -0.4 is 10.6 Å². The molecule has 4 aliphatic heterocycles. The molecular formula is C79H92Cl2F4N16O14S. The van der Waals surface area contributed by atoms with Crippen LogP contribution >= 0.6 is 23.2 Å². The molecule has 12 rings (SSSR count). The molecule has 30 nitrogen and oxygen atoms in total. The summed E-state index contributed by atoms with van der Waals surface area (Å²) >= 11 is 13.1. The molecule has 0 radical (unpaired) electrons. The van der Waals surface area contributed by atoms with Gasteiger partial charge in [0.1, 0.15) is 11.2 Å². The Morgan fingerprint density at radius 3 is 1.18 bits per heavy atom. The van der Waals surface area contributed by atoms with Crippen LogP contribution in [0.4, 0.5) is 38.5 Å². The number of piperazine rings is 2. The van der Waals surface area contributed by atoms with Crippen molar-refractivity contribution in [3.8, 4) is 44.8 Å². The standard InChI is InChI=1S/C40H47ClF2N8O8S.C39H45ClF2N8O6/c1-24-30(22-45-51(24)19-20-58-60(6,56)57)27-9-10-29(34(43)33(27)42)32-23-44-35(47(32)5)36(52)46-26-7-8-28(31(41)21-26)38(54)49-17-15-48(16-18-49)37(53)25-11-13-50(14-12-25)39(55)59-40(2,3)4;1-23-29(21-44-50(23)18-19-51)26-8-9-28(33(42)32(26)41)31-22-43-34(46(31)5)35(52)45-25-6-7-27(30(40)20-25)37(54)48-16-14-47(15-17-48)36(53)24-10-12-49(13-11-24)38(55)56-39(2,3)4/h7-10,21-23,25H,11-20H2,1-6H3,(H,46,52);6-9,20-22,24,51H,10-19H2,1-5H3,(H,45,52). The van der Waals surface area contributed by atoms with Gasteiger partial charge in [0, 0.05) is 161 Å². The maximum atomic E-state index is 15.6. The van der Waals surface area contributed by atoms with Crippen LogP contribution in [0.5, 0.6) is 0 Å². The molecule has 0 saturated carbocycles. The number of hydrogen-bond donors (Lipinski definition) is 3. The predicted octanol–water partition coefficient (Wildman–Crippen LogP) is 10.7. The fourth-order valence-electron chi connectivity index (χ4n) is 14.2. The van der Waals surface area contributed by atoms with Gasteiger partial charge in [-0.1, -0.05) is 35.3 Å². The highest BCUT2D eigenvalue weighted by Crippen LogP contribution is 2.37. The Hall–Kier alpha value is -10.7. The molecular weight excluding hydrogens is 1580 g/mol. The second kappa shape index (κ2) is 35.8. The van der Waals surface area contributed by atoms with Crippen LogP contribution in [0.15, 0.2) is 85.5 Å². The second-order valence-corrected chi connectivity index (χ2v) is 33.1. The molecule has 4 aliphatic rings. The SMILES string of the molecule is Cc1c(-c2ccc(-c3cnc(C(=O)Nc4ccc(C(=O)N5CCN(C(=O)C6CCN(C(=O)OC(C)(C)C)CC6)CC5)c(Cl)c4)n3C)c(F)c2F)cnn1CCO.Cc1c(-c2ccc(-c3cnc(C(=O)Nc4ccc(C(=O)N5CCN(C(=O)C6CCN(C(=O)OC(C)(C)C)CC6)CC5)c(Cl)c4)n3C)c(F)c2F)cnn1CCOS(C)(=O)=O. The molecule has 8 aromatic rings. The Kier molecular flexibility index (Phi) is 26.6. The van der Waals surface area contributed by atoms with Gasteiger partial charge in [0.15, 0.2) is 34.9 Å². The second-order valence-electron chi connectivity index (χ2n) is 30.6. The van der Waals surface area contributed by atoms with Crippen molar-refractivity contribution in [1.29, 1.82) is 0 Å². The number of aliphatic hydroxyl groups excluding tert-OH is 1. The number of benzene rings is 4. The molecule has 0 bridgehead atoms. The summed E-state index contributed by atoms with van der Waals surface area (Å²) in [4.78, 5) is 123. The van der Waals surface area contributed by atoms with Crippen molar-refractivity contribution >= 4 is 92.3 Å². The largest absolute Gasteiger partial charge is 0.444 e. The quantitative estimate of drug-likeness (QED) is 0.0531. The summed E-state index contributed by atoms with van der Waals surface area (Å²) < 4.78 is 106. The number of halogens is 6. The van der Waals surface area contributed by atoms with Crippen molar-refractivity contribution in [3.63, 3.8) is 0 Å². The molecule has 4 aromatic carbocycles. The predicted molar refractivity (Wildman–Crippen MR) is 422 cm³/mol. The van der Waals surface area contributed by atoms with E-state index in [0.717, 1.165) is 6.26 Å². The van der Waals surface area contributed by atoms with E-state index in [1.54, 1.807) is 43.2 Å². The zero-order chi connectivity index (χ0) is 84.2. The van der Waals surface area contributed by atoms with Gasteiger partial charge >= 0.3 is 12.2 Å². The third-order valence-corrected chi connectivity index (χ3v) is 21.7. The fraction of sp³-hybridized carbons (Fsp3) is 0.443. The first kappa shape index (κ1) is 86.1. The van der Waals surface area contributed by atoms with E-state index >= 15 is 17.6 Å². The van der Waals surface area contributed by atoms with Crippen molar-refractivity contribution in [1.82, 2.24) is 68.1 Å². The molecule has 37 heteroatoms. The lowest BCUT2D eigenvalue weighted by Gasteiger charge is -2.38. The molecule has 620 valence electrons. The lowest BCUT2D eigenvalue weighted by atomic mass is 9.95. The van der Waals surface area contributed by atoms with Gasteiger partial charge in [-0.05, 0) is 130 Å². The van der Waals surface area contributed by atoms with E-state index in [4.69, 9.17) is 36.9 Å². The van der Waals surface area contributed by atoms with Gasteiger partial charge in [-0.15, -0.1) is 0 Å². The molecule has 4 aromatic heterocycles. The van der Waals surface area contributed by atoms with Crippen LogP contribution in [0.25, 0.3) is 44.8 Å². The first-order valence-electron chi connectivity index (χ1n) is 37.6. The van der Waals surface area contributed by atoms with Crippen molar-refractivity contribution < 1.29 is 83.1 Å². The fourth-order valence-corrected chi connectivity index (χ4v) is 15.1. The highest BCUT2D eigenvalue weighted by atomic mass is 35.5. The molecule has 0 spiro atoms. The zero-order valence-electron chi connectivity index (χ0n) is 66.1. The number of piperidine rings is 2. The highest BCUT2D eigenvalue weighted by molar-refractivity contribution is 7.86. The van der Waals surface area contributed by atoms with Crippen LogP contribution in [-0.2, 0) is 60.5 Å². The van der Waals surface area contributed by atoms with Gasteiger partial charge in [0.05, 0.1) is 89.9 Å². The van der Waals surface area contributed by atoms with Crippen molar-refractivity contribution in [3.05, 3.63) is 153 Å². The Bertz CT molecular complexity index is 5200. The van der Waals surface area contributed by atoms with Gasteiger partial charge in [0.2, 0.25) is 11.8 Å². The van der Waals surface area contributed by atoms with Crippen LogP contribution in [0.2, 0.25) is 10.0 Å². The molecule has 4 saturated heterocycles. The zero-order valence-corrected chi connectivity index (χ0v) is 68.4. The summed E-state index contributed by atoms with van der Waals surface area (Å²) in [6.07, 6.45) is 7.61. The molecule has 8 amide bonds. The van der Waals surface area contributed by atoms with E-state index in [1.807, 2.05) is 41.5 Å². The minimum atomic E-state index is -3.66. The van der Waals surface area contributed by atoms with E-state index in [-0.39, 0.29) is 152 Å². The summed E-state index contributed by atoms with van der Waals surface area (Å²) in [7, 11) is -0.676. The summed E-state index contributed by atoms with van der Waals surface area (Å²) in [6.45, 7) is 18.6. The summed E-state index contributed by atoms with van der Waals surface area (Å²) in [5.41, 5.74) is 1.52. The van der Waals surface area contributed by atoms with Crippen molar-refractivity contribution in [2.24, 2.45) is 25.9 Å². The lowest BCUT2D eigenvalue weighted by Crippen LogP contribution is -2.53. The molecule has 0 unspecified atom stereocenters. The Labute approximate surface area is 677 Å². The molecule has 4 fully saturated rings. The van der Waals surface area contributed by atoms with Gasteiger partial charge in [-0.2, -0.15) is 18.6 Å².